The zero-order valence-electron chi connectivity index (χ0n) is 18.3. The third-order valence-corrected chi connectivity index (χ3v) is 5.81. The third kappa shape index (κ3) is 6.00. The Hall–Kier alpha value is -3.17. The highest BCUT2D eigenvalue weighted by atomic mass is 35.5. The third-order valence-electron chi connectivity index (χ3n) is 4.52. The van der Waals surface area contributed by atoms with E-state index in [1.165, 1.54) is 18.9 Å². The Morgan fingerprint density at radius 3 is 2.55 bits per heavy atom. The van der Waals surface area contributed by atoms with Crippen molar-refractivity contribution in [3.05, 3.63) is 51.9 Å². The minimum Gasteiger partial charge on any atom is -0.497 e. The average molecular weight is 491 g/mol. The molecule has 1 N–H and O–H groups in total. The quantitative estimate of drug-likeness (QED) is 0.502. The van der Waals surface area contributed by atoms with Crippen LogP contribution in [0.5, 0.6) is 17.2 Å². The molecular formula is C23H23ClN2O6S. The van der Waals surface area contributed by atoms with Crippen LogP contribution in [0.2, 0.25) is 5.02 Å². The van der Waals surface area contributed by atoms with Gasteiger partial charge in [0.1, 0.15) is 5.75 Å². The van der Waals surface area contributed by atoms with E-state index in [1.807, 2.05) is 31.2 Å². The lowest BCUT2D eigenvalue weighted by Crippen LogP contribution is -2.29. The van der Waals surface area contributed by atoms with Gasteiger partial charge in [0.15, 0.2) is 23.3 Å². The summed E-state index contributed by atoms with van der Waals surface area (Å²) >= 11 is 7.56. The molecule has 0 radical (unpaired) electrons. The van der Waals surface area contributed by atoms with Crippen molar-refractivity contribution in [1.29, 1.82) is 0 Å². The number of rotatable bonds is 9. The second kappa shape index (κ2) is 11.1. The number of aliphatic imine (C=N–C) groups is 1. The molecule has 0 saturated carbocycles. The van der Waals surface area contributed by atoms with E-state index >= 15 is 0 Å². The molecule has 8 nitrogen and oxygen atoms in total. The second-order valence-corrected chi connectivity index (χ2v) is 8.29. The highest BCUT2D eigenvalue weighted by Crippen LogP contribution is 2.39. The molecule has 1 fully saturated rings. The summed E-state index contributed by atoms with van der Waals surface area (Å²) in [7, 11) is 3.02. The molecule has 1 heterocycles. The van der Waals surface area contributed by atoms with E-state index in [4.69, 9.17) is 30.9 Å². The molecule has 3 rings (SSSR count). The monoisotopic (exact) mass is 490 g/mol. The normalized spacial score (nSPS) is 15.9. The minimum atomic E-state index is -1.13. The smallest absolute Gasteiger partial charge is 0.341 e. The van der Waals surface area contributed by atoms with Crippen LogP contribution in [-0.4, -0.2) is 54.4 Å². The molecule has 0 bridgehead atoms. The summed E-state index contributed by atoms with van der Waals surface area (Å²) in [4.78, 5) is 30.6. The largest absolute Gasteiger partial charge is 0.497 e. The molecule has 1 saturated heterocycles. The van der Waals surface area contributed by atoms with Crippen molar-refractivity contribution in [2.45, 2.75) is 13.3 Å². The van der Waals surface area contributed by atoms with Gasteiger partial charge in [-0.1, -0.05) is 18.5 Å². The van der Waals surface area contributed by atoms with Gasteiger partial charge in [-0.3, -0.25) is 9.69 Å². The van der Waals surface area contributed by atoms with Crippen LogP contribution in [0.1, 0.15) is 18.9 Å². The molecule has 0 unspecified atom stereocenters. The number of methoxy groups -OCH3 is 2. The molecule has 33 heavy (non-hydrogen) atoms. The summed E-state index contributed by atoms with van der Waals surface area (Å²) < 4.78 is 15.7. The zero-order chi connectivity index (χ0) is 24.0. The first-order chi connectivity index (χ1) is 15.9. The molecule has 0 aliphatic carbocycles. The van der Waals surface area contributed by atoms with Crippen molar-refractivity contribution in [2.24, 2.45) is 4.99 Å². The molecule has 174 valence electrons. The fourth-order valence-corrected chi connectivity index (χ4v) is 4.33. The van der Waals surface area contributed by atoms with E-state index in [2.05, 4.69) is 4.99 Å². The van der Waals surface area contributed by atoms with Crippen LogP contribution in [0.3, 0.4) is 0 Å². The van der Waals surface area contributed by atoms with Gasteiger partial charge in [0.25, 0.3) is 5.91 Å². The van der Waals surface area contributed by atoms with Crippen LogP contribution in [0.15, 0.2) is 46.3 Å². The van der Waals surface area contributed by atoms with E-state index in [0.717, 1.165) is 12.2 Å². The summed E-state index contributed by atoms with van der Waals surface area (Å²) in [6.07, 6.45) is 2.47. The van der Waals surface area contributed by atoms with Crippen LogP contribution in [0.25, 0.3) is 6.08 Å². The van der Waals surface area contributed by atoms with Crippen LogP contribution in [0, 0.1) is 0 Å². The molecule has 10 heteroatoms. The Bertz CT molecular complexity index is 1100. The molecule has 0 atom stereocenters. The molecule has 2 aromatic carbocycles. The van der Waals surface area contributed by atoms with E-state index in [9.17, 15) is 9.59 Å². The highest BCUT2D eigenvalue weighted by Gasteiger charge is 2.33. The van der Waals surface area contributed by atoms with E-state index in [0.29, 0.717) is 27.9 Å². The van der Waals surface area contributed by atoms with Crippen molar-refractivity contribution in [3.63, 3.8) is 0 Å². The first-order valence-corrected chi connectivity index (χ1v) is 11.2. The number of hydrogen-bond donors (Lipinski definition) is 1. The molecule has 0 spiro atoms. The van der Waals surface area contributed by atoms with Crippen LogP contribution < -0.4 is 14.2 Å². The van der Waals surface area contributed by atoms with E-state index in [-0.39, 0.29) is 22.4 Å². The second-order valence-electron chi connectivity index (χ2n) is 6.88. The maximum atomic E-state index is 13.1. The van der Waals surface area contributed by atoms with Gasteiger partial charge in [0.2, 0.25) is 0 Å². The van der Waals surface area contributed by atoms with Crippen LogP contribution in [-0.2, 0) is 9.59 Å². The fraction of sp³-hybridized carbons (Fsp3) is 0.261. The van der Waals surface area contributed by atoms with Crippen molar-refractivity contribution >= 4 is 52.2 Å². The van der Waals surface area contributed by atoms with Gasteiger partial charge in [-0.2, -0.15) is 0 Å². The predicted molar refractivity (Wildman–Crippen MR) is 129 cm³/mol. The number of carbonyl (C=O) groups excluding carboxylic acids is 1. The van der Waals surface area contributed by atoms with Crippen molar-refractivity contribution in [1.82, 2.24) is 4.90 Å². The average Bonchev–Trinajstić information content (AvgIpc) is 3.07. The van der Waals surface area contributed by atoms with E-state index in [1.54, 1.807) is 30.2 Å². The van der Waals surface area contributed by atoms with Gasteiger partial charge in [0.05, 0.1) is 29.8 Å². The summed E-state index contributed by atoms with van der Waals surface area (Å²) in [6, 6.07) is 10.5. The van der Waals surface area contributed by atoms with Crippen LogP contribution in [0.4, 0.5) is 5.69 Å². The summed E-state index contributed by atoms with van der Waals surface area (Å²) in [5.74, 6) is -0.170. The Balaban J connectivity index is 1.92. The van der Waals surface area contributed by atoms with Gasteiger partial charge in [-0.15, -0.1) is 0 Å². The van der Waals surface area contributed by atoms with Gasteiger partial charge >= 0.3 is 5.97 Å². The highest BCUT2D eigenvalue weighted by molar-refractivity contribution is 8.18. The number of amidine groups is 1. The Labute approximate surface area is 200 Å². The minimum absolute atomic E-state index is 0.128. The molecule has 1 aliphatic rings. The molecule has 2 aromatic rings. The maximum absolute atomic E-state index is 13.1. The maximum Gasteiger partial charge on any atom is 0.341 e. The number of thioether (sulfide) groups is 1. The van der Waals surface area contributed by atoms with E-state index < -0.39 is 12.6 Å². The number of carboxylic acid groups (broad SMARTS) is 1. The van der Waals surface area contributed by atoms with Crippen molar-refractivity contribution in [3.8, 4) is 17.2 Å². The molecule has 1 aliphatic heterocycles. The molecular weight excluding hydrogens is 468 g/mol. The summed E-state index contributed by atoms with van der Waals surface area (Å²) in [5.41, 5.74) is 1.32. The Kier molecular flexibility index (Phi) is 8.24. The Morgan fingerprint density at radius 2 is 1.94 bits per heavy atom. The lowest BCUT2D eigenvalue weighted by Gasteiger charge is -2.14. The Morgan fingerprint density at radius 1 is 1.21 bits per heavy atom. The standard InChI is InChI=1S/C23H23ClN2O6S/c1-4-9-26-22(29)19(33-23(26)25-15-5-7-16(30-2)8-6-15)12-14-10-17(24)21(18(11-14)31-3)32-13-20(27)28/h5-8,10-12H,4,9,13H2,1-3H3,(H,27,28). The number of benzene rings is 2. The number of carbonyl (C=O) groups is 2. The summed E-state index contributed by atoms with van der Waals surface area (Å²) in [6.45, 7) is 1.97. The van der Waals surface area contributed by atoms with Crippen LogP contribution >= 0.6 is 23.4 Å². The van der Waals surface area contributed by atoms with Gasteiger partial charge < -0.3 is 19.3 Å². The lowest BCUT2D eigenvalue weighted by molar-refractivity contribution is -0.139. The molecule has 1 amide bonds. The number of nitrogens with zero attached hydrogens (tertiary/aromatic N) is 2. The van der Waals surface area contributed by atoms with Gasteiger partial charge in [-0.05, 0) is 66.2 Å². The lowest BCUT2D eigenvalue weighted by atomic mass is 10.1. The SMILES string of the molecule is CCCN1C(=O)C(=Cc2cc(Cl)c(OCC(=O)O)c(OC)c2)SC1=Nc1ccc(OC)cc1. The number of carboxylic acids is 1. The van der Waals surface area contributed by atoms with Gasteiger partial charge in [-0.25, -0.2) is 9.79 Å². The first kappa shape index (κ1) is 24.5. The first-order valence-electron chi connectivity index (χ1n) is 10.0. The summed E-state index contributed by atoms with van der Waals surface area (Å²) in [5, 5.41) is 9.60. The van der Waals surface area contributed by atoms with Crippen molar-refractivity contribution < 1.29 is 28.9 Å². The van der Waals surface area contributed by atoms with Gasteiger partial charge in [0, 0.05) is 6.54 Å². The fourth-order valence-electron chi connectivity index (χ4n) is 3.03. The predicted octanol–water partition coefficient (Wildman–Crippen LogP) is 4.83. The molecule has 0 aromatic heterocycles. The number of halogens is 1. The number of hydrogen-bond acceptors (Lipinski definition) is 7. The number of ether oxygens (including phenoxy) is 3. The number of amides is 1. The van der Waals surface area contributed by atoms with Crippen molar-refractivity contribution in [2.75, 3.05) is 27.4 Å². The number of aliphatic carboxylic acids is 1. The zero-order valence-corrected chi connectivity index (χ0v) is 19.9. The topological polar surface area (TPSA) is 97.7 Å².